The van der Waals surface area contributed by atoms with Crippen molar-refractivity contribution in [3.8, 4) is 28.3 Å². The summed E-state index contributed by atoms with van der Waals surface area (Å²) in [4.78, 5) is 9.02. The molecule has 0 unspecified atom stereocenters. The fraction of sp³-hybridized carbons (Fsp3) is 0.333. The Hall–Kier alpha value is -3.49. The van der Waals surface area contributed by atoms with Crippen molar-refractivity contribution in [2.75, 3.05) is 38.6 Å². The molecule has 6 rings (SSSR count). The second-order valence-electron chi connectivity index (χ2n) is 9.88. The van der Waals surface area contributed by atoms with Crippen LogP contribution in [-0.4, -0.2) is 69.2 Å². The molecule has 180 valence electrons. The van der Waals surface area contributed by atoms with Crippen LogP contribution in [0.3, 0.4) is 0 Å². The van der Waals surface area contributed by atoms with Gasteiger partial charge in [0.25, 0.3) is 0 Å². The van der Waals surface area contributed by atoms with E-state index in [4.69, 9.17) is 0 Å². The van der Waals surface area contributed by atoms with E-state index in [-0.39, 0.29) is 17.8 Å². The van der Waals surface area contributed by atoms with Gasteiger partial charge in [-0.2, -0.15) is 5.10 Å². The van der Waals surface area contributed by atoms with E-state index in [2.05, 4.69) is 69.0 Å². The number of hydrogen-bond acceptors (Lipinski definition) is 5. The molecule has 2 atom stereocenters. The molecule has 1 fully saturated rings. The van der Waals surface area contributed by atoms with E-state index in [0.717, 1.165) is 59.1 Å². The van der Waals surface area contributed by atoms with E-state index in [1.54, 1.807) is 18.5 Å². The fourth-order valence-electron chi connectivity index (χ4n) is 5.28. The maximum atomic E-state index is 13.4. The van der Waals surface area contributed by atoms with E-state index < -0.39 is 0 Å². The summed E-state index contributed by atoms with van der Waals surface area (Å²) in [6.45, 7) is 3.15. The Kier molecular flexibility index (Phi) is 5.42. The zero-order valence-electron chi connectivity index (χ0n) is 20.0. The van der Waals surface area contributed by atoms with Crippen molar-refractivity contribution in [1.82, 2.24) is 24.2 Å². The summed E-state index contributed by atoms with van der Waals surface area (Å²) in [5.41, 5.74) is 6.21. The topological polar surface area (TPSA) is 62.3 Å². The normalized spacial score (nSPS) is 18.9. The van der Waals surface area contributed by atoms with Crippen molar-refractivity contribution in [3.63, 3.8) is 0 Å². The average Bonchev–Trinajstić information content (AvgIpc) is 3.55. The number of anilines is 1. The fourth-order valence-corrected chi connectivity index (χ4v) is 5.28. The van der Waals surface area contributed by atoms with Crippen LogP contribution in [-0.2, 0) is 6.54 Å². The van der Waals surface area contributed by atoms with Gasteiger partial charge in [-0.05, 0) is 74.6 Å². The quantitative estimate of drug-likeness (QED) is 0.423. The Morgan fingerprint density at radius 2 is 1.89 bits per heavy atom. The summed E-state index contributed by atoms with van der Waals surface area (Å²) in [6.07, 6.45) is 4.35. The van der Waals surface area contributed by atoms with Gasteiger partial charge >= 0.3 is 0 Å². The van der Waals surface area contributed by atoms with Crippen molar-refractivity contribution in [2.24, 2.45) is 5.92 Å². The molecule has 8 heteroatoms. The Balaban J connectivity index is 1.34. The van der Waals surface area contributed by atoms with E-state index >= 15 is 0 Å². The van der Waals surface area contributed by atoms with E-state index in [9.17, 15) is 9.50 Å². The number of aromatic nitrogens is 4. The molecule has 4 heterocycles. The van der Waals surface area contributed by atoms with Crippen LogP contribution in [0.1, 0.15) is 12.0 Å². The molecule has 7 nitrogen and oxygen atoms in total. The highest BCUT2D eigenvalue weighted by Crippen LogP contribution is 2.35. The Morgan fingerprint density at radius 1 is 1.06 bits per heavy atom. The van der Waals surface area contributed by atoms with Gasteiger partial charge in [-0.15, -0.1) is 0 Å². The summed E-state index contributed by atoms with van der Waals surface area (Å²) in [5.74, 6) is 0.810. The van der Waals surface area contributed by atoms with E-state index in [1.807, 2.05) is 4.68 Å². The lowest BCUT2D eigenvalue weighted by atomic mass is 10.0. The Morgan fingerprint density at radius 3 is 2.69 bits per heavy atom. The number of rotatable bonds is 5. The Labute approximate surface area is 204 Å². The molecule has 1 N–H and O–H groups in total. The van der Waals surface area contributed by atoms with Gasteiger partial charge in [0.2, 0.25) is 0 Å². The number of fused-ring (bicyclic) bond motifs is 5. The lowest BCUT2D eigenvalue weighted by Crippen LogP contribution is -2.23. The minimum absolute atomic E-state index is 0.244. The second kappa shape index (κ2) is 8.62. The van der Waals surface area contributed by atoms with Crippen LogP contribution in [0.4, 0.5) is 10.1 Å². The van der Waals surface area contributed by atoms with Crippen molar-refractivity contribution < 1.29 is 9.50 Å². The first kappa shape index (κ1) is 22.0. The van der Waals surface area contributed by atoms with Gasteiger partial charge in [0.05, 0.1) is 17.5 Å². The van der Waals surface area contributed by atoms with Gasteiger partial charge in [-0.3, -0.25) is 0 Å². The Bertz CT molecular complexity index is 1360. The number of aliphatic hydroxyl groups is 1. The lowest BCUT2D eigenvalue weighted by Gasteiger charge is -2.21. The average molecular weight is 473 g/mol. The molecule has 35 heavy (non-hydrogen) atoms. The highest BCUT2D eigenvalue weighted by atomic mass is 19.1. The molecule has 0 spiro atoms. The number of β-amino-alcohol motifs (C(OH)–C–C–N with tert-alkyl or cyclic N) is 1. The molecule has 0 amide bonds. The first-order chi connectivity index (χ1) is 17.0. The maximum Gasteiger partial charge on any atom is 0.179 e. The monoisotopic (exact) mass is 472 g/mol. The molecule has 2 aromatic carbocycles. The van der Waals surface area contributed by atoms with Crippen LogP contribution in [0.5, 0.6) is 0 Å². The molecule has 1 saturated heterocycles. The maximum absolute atomic E-state index is 13.4. The van der Waals surface area contributed by atoms with Crippen LogP contribution in [0, 0.1) is 11.7 Å². The summed E-state index contributed by atoms with van der Waals surface area (Å²) < 4.78 is 17.5. The largest absolute Gasteiger partial charge is 0.391 e. The summed E-state index contributed by atoms with van der Waals surface area (Å²) >= 11 is 0. The van der Waals surface area contributed by atoms with Gasteiger partial charge in [-0.1, -0.05) is 12.1 Å². The summed E-state index contributed by atoms with van der Waals surface area (Å²) in [7, 11) is 4.14. The molecule has 0 saturated carbocycles. The van der Waals surface area contributed by atoms with Crippen molar-refractivity contribution in [3.05, 3.63) is 72.4 Å². The number of benzene rings is 2. The van der Waals surface area contributed by atoms with Crippen LogP contribution in [0.15, 0.2) is 61.1 Å². The number of hydrogen-bond donors (Lipinski definition) is 1. The zero-order chi connectivity index (χ0) is 24.1. The molecule has 2 aliphatic heterocycles. The summed E-state index contributed by atoms with van der Waals surface area (Å²) in [6, 6.07) is 15.1. The molecule has 2 aromatic heterocycles. The van der Waals surface area contributed by atoms with Crippen LogP contribution < -0.4 is 4.90 Å². The van der Waals surface area contributed by atoms with Crippen LogP contribution >= 0.6 is 0 Å². The van der Waals surface area contributed by atoms with E-state index in [0.29, 0.717) is 13.1 Å². The third kappa shape index (κ3) is 4.02. The predicted octanol–water partition coefficient (Wildman–Crippen LogP) is 3.65. The van der Waals surface area contributed by atoms with Crippen molar-refractivity contribution in [1.29, 1.82) is 0 Å². The highest BCUT2D eigenvalue weighted by Gasteiger charge is 2.32. The molecule has 0 radical (unpaired) electrons. The van der Waals surface area contributed by atoms with Gasteiger partial charge in [0.15, 0.2) is 5.82 Å². The molecular weight excluding hydrogens is 443 g/mol. The van der Waals surface area contributed by atoms with Gasteiger partial charge in [0, 0.05) is 43.0 Å². The number of aliphatic hydroxyl groups excluding tert-OH is 1. The minimum Gasteiger partial charge on any atom is -0.391 e. The standard InChI is InChI=1S/C27H29FN6O/c1-31(2)10-9-19-13-32(16-26(19)35)23-7-8-24-21(11-23)15-33-14-20(18-3-5-22(28)6-4-18)12-25(33)27-29-17-30-34(24)27/h3-8,11-12,14,17,19,26,35H,9-10,13,15-16H2,1-2H3/t19-,26-/m0/s1. The van der Waals surface area contributed by atoms with E-state index in [1.165, 1.54) is 12.1 Å². The molecule has 0 aliphatic carbocycles. The third-order valence-corrected chi connectivity index (χ3v) is 7.20. The van der Waals surface area contributed by atoms with Crippen LogP contribution in [0.2, 0.25) is 0 Å². The molecular formula is C27H29FN6O. The van der Waals surface area contributed by atoms with Gasteiger partial charge < -0.3 is 19.5 Å². The summed E-state index contributed by atoms with van der Waals surface area (Å²) in [5, 5.41) is 15.2. The molecule has 0 bridgehead atoms. The van der Waals surface area contributed by atoms with Gasteiger partial charge in [0.1, 0.15) is 12.1 Å². The molecule has 2 aliphatic rings. The van der Waals surface area contributed by atoms with Crippen molar-refractivity contribution in [2.45, 2.75) is 19.1 Å². The van der Waals surface area contributed by atoms with Crippen molar-refractivity contribution >= 4 is 5.69 Å². The van der Waals surface area contributed by atoms with Crippen LogP contribution in [0.25, 0.3) is 28.3 Å². The first-order valence-corrected chi connectivity index (χ1v) is 12.0. The highest BCUT2D eigenvalue weighted by molar-refractivity contribution is 5.71. The second-order valence-corrected chi connectivity index (χ2v) is 9.88. The zero-order valence-corrected chi connectivity index (χ0v) is 20.0. The third-order valence-electron chi connectivity index (χ3n) is 7.20. The smallest absolute Gasteiger partial charge is 0.179 e. The number of nitrogens with zero attached hydrogens (tertiary/aromatic N) is 6. The lowest BCUT2D eigenvalue weighted by molar-refractivity contribution is 0.138. The number of halogens is 1. The molecule has 4 aromatic rings. The minimum atomic E-state index is -0.315. The SMILES string of the molecule is CN(C)CC[C@H]1CN(c2ccc3c(c2)Cn2cc(-c4ccc(F)cc4)cc2-c2ncnn2-3)C[C@@H]1O. The first-order valence-electron chi connectivity index (χ1n) is 12.0. The predicted molar refractivity (Wildman–Crippen MR) is 134 cm³/mol. The van der Waals surface area contributed by atoms with Gasteiger partial charge in [-0.25, -0.2) is 14.1 Å².